The predicted octanol–water partition coefficient (Wildman–Crippen LogP) is 7.58. The first-order valence-corrected chi connectivity index (χ1v) is 13.3. The van der Waals surface area contributed by atoms with Crippen LogP contribution in [-0.4, -0.2) is 31.9 Å². The van der Waals surface area contributed by atoms with Crippen LogP contribution in [0.5, 0.6) is 23.0 Å². The SMILES string of the molecule is CCCOc1ccc(C(=O)N/N=C/c2cc(Cl)c(OCc3ccc(Cl)cc3Cl)c(OCC)c2)cc1OCC. The van der Waals surface area contributed by atoms with Crippen LogP contribution in [0.2, 0.25) is 15.1 Å². The van der Waals surface area contributed by atoms with E-state index in [1.807, 2.05) is 20.8 Å². The molecule has 0 saturated carbocycles. The topological polar surface area (TPSA) is 78.4 Å². The Bertz CT molecular complexity index is 1280. The lowest BCUT2D eigenvalue weighted by Gasteiger charge is -2.15. The molecule has 0 heterocycles. The van der Waals surface area contributed by atoms with Crippen molar-refractivity contribution in [1.82, 2.24) is 5.43 Å². The molecule has 0 spiro atoms. The zero-order valence-corrected chi connectivity index (χ0v) is 23.6. The van der Waals surface area contributed by atoms with Gasteiger partial charge in [0.05, 0.1) is 31.1 Å². The maximum absolute atomic E-state index is 12.7. The fourth-order valence-electron chi connectivity index (χ4n) is 3.33. The van der Waals surface area contributed by atoms with Crippen molar-refractivity contribution in [3.8, 4) is 23.0 Å². The van der Waals surface area contributed by atoms with Crippen molar-refractivity contribution in [3.05, 3.63) is 80.3 Å². The third kappa shape index (κ3) is 8.18. The zero-order chi connectivity index (χ0) is 27.5. The van der Waals surface area contributed by atoms with E-state index in [9.17, 15) is 4.79 Å². The number of nitrogens with one attached hydrogen (secondary N) is 1. The van der Waals surface area contributed by atoms with Gasteiger partial charge in [-0.05, 0) is 68.3 Å². The molecule has 0 aromatic heterocycles. The summed E-state index contributed by atoms with van der Waals surface area (Å²) in [7, 11) is 0. The normalized spacial score (nSPS) is 10.9. The number of benzene rings is 3. The molecule has 3 aromatic carbocycles. The smallest absolute Gasteiger partial charge is 0.271 e. The zero-order valence-electron chi connectivity index (χ0n) is 21.4. The molecule has 3 rings (SSSR count). The highest BCUT2D eigenvalue weighted by molar-refractivity contribution is 6.35. The highest BCUT2D eigenvalue weighted by Crippen LogP contribution is 2.37. The summed E-state index contributed by atoms with van der Waals surface area (Å²) in [5.74, 6) is 1.49. The van der Waals surface area contributed by atoms with E-state index in [1.54, 1.807) is 48.5 Å². The quantitative estimate of drug-likeness (QED) is 0.167. The molecule has 0 aliphatic heterocycles. The monoisotopic (exact) mass is 578 g/mol. The lowest BCUT2D eigenvalue weighted by Crippen LogP contribution is -2.17. The molecule has 0 saturated heterocycles. The van der Waals surface area contributed by atoms with Crippen LogP contribution in [0.25, 0.3) is 0 Å². The first-order chi connectivity index (χ1) is 18.4. The van der Waals surface area contributed by atoms with Gasteiger partial charge in [-0.1, -0.05) is 47.8 Å². The number of carbonyl (C=O) groups excluding carboxylic acids is 1. The lowest BCUT2D eigenvalue weighted by atomic mass is 10.2. The highest BCUT2D eigenvalue weighted by Gasteiger charge is 2.14. The molecule has 38 heavy (non-hydrogen) atoms. The molecule has 1 amide bonds. The average molecular weight is 580 g/mol. The molecule has 0 fully saturated rings. The molecule has 202 valence electrons. The van der Waals surface area contributed by atoms with Crippen molar-refractivity contribution >= 4 is 46.9 Å². The summed E-state index contributed by atoms with van der Waals surface area (Å²) >= 11 is 18.7. The summed E-state index contributed by atoms with van der Waals surface area (Å²) in [4.78, 5) is 12.7. The van der Waals surface area contributed by atoms with Crippen molar-refractivity contribution in [3.63, 3.8) is 0 Å². The van der Waals surface area contributed by atoms with Gasteiger partial charge in [-0.2, -0.15) is 5.10 Å². The Morgan fingerprint density at radius 2 is 1.61 bits per heavy atom. The van der Waals surface area contributed by atoms with E-state index in [-0.39, 0.29) is 6.61 Å². The summed E-state index contributed by atoms with van der Waals surface area (Å²) < 4.78 is 23.0. The van der Waals surface area contributed by atoms with E-state index in [4.69, 9.17) is 53.8 Å². The number of hydrogen-bond acceptors (Lipinski definition) is 6. The highest BCUT2D eigenvalue weighted by atomic mass is 35.5. The van der Waals surface area contributed by atoms with Crippen LogP contribution >= 0.6 is 34.8 Å². The summed E-state index contributed by atoms with van der Waals surface area (Å²) in [5, 5.41) is 5.41. The average Bonchev–Trinajstić information content (AvgIpc) is 2.88. The molecule has 7 nitrogen and oxygen atoms in total. The van der Waals surface area contributed by atoms with E-state index in [0.29, 0.717) is 69.0 Å². The number of nitrogens with zero attached hydrogens (tertiary/aromatic N) is 1. The van der Waals surface area contributed by atoms with Gasteiger partial charge < -0.3 is 18.9 Å². The Kier molecular flexibility index (Phi) is 11.4. The second kappa shape index (κ2) is 14.7. The molecule has 10 heteroatoms. The van der Waals surface area contributed by atoms with Crippen molar-refractivity contribution in [2.45, 2.75) is 33.8 Å². The molecular formula is C28H29Cl3N2O5. The van der Waals surface area contributed by atoms with Crippen molar-refractivity contribution in [2.24, 2.45) is 5.10 Å². The Morgan fingerprint density at radius 1 is 0.842 bits per heavy atom. The van der Waals surface area contributed by atoms with E-state index in [0.717, 1.165) is 12.0 Å². The third-order valence-corrected chi connectivity index (χ3v) is 5.93. The van der Waals surface area contributed by atoms with Gasteiger partial charge in [0.15, 0.2) is 23.0 Å². The molecule has 1 N–H and O–H groups in total. The van der Waals surface area contributed by atoms with Gasteiger partial charge in [0, 0.05) is 21.2 Å². The van der Waals surface area contributed by atoms with Gasteiger partial charge in [-0.25, -0.2) is 5.43 Å². The van der Waals surface area contributed by atoms with Crippen molar-refractivity contribution in [1.29, 1.82) is 0 Å². The molecular weight excluding hydrogens is 551 g/mol. The van der Waals surface area contributed by atoms with Crippen LogP contribution in [0.1, 0.15) is 48.7 Å². The van der Waals surface area contributed by atoms with Gasteiger partial charge in [-0.3, -0.25) is 4.79 Å². The first kappa shape index (κ1) is 29.4. The molecule has 0 radical (unpaired) electrons. The second-order valence-corrected chi connectivity index (χ2v) is 9.18. The summed E-state index contributed by atoms with van der Waals surface area (Å²) in [6.07, 6.45) is 2.33. The van der Waals surface area contributed by atoms with E-state index in [1.165, 1.54) is 6.21 Å². The van der Waals surface area contributed by atoms with Gasteiger partial charge in [-0.15, -0.1) is 0 Å². The number of hydrogen-bond donors (Lipinski definition) is 1. The molecule has 0 unspecified atom stereocenters. The van der Waals surface area contributed by atoms with Crippen LogP contribution in [0, 0.1) is 0 Å². The standard InChI is InChI=1S/C28H29Cl3N2O5/c1-4-11-37-24-10-8-19(14-25(24)35-5-2)28(34)33-32-16-18-12-23(31)27(26(13-18)36-6-3)38-17-20-7-9-21(29)15-22(20)30/h7-10,12-16H,4-6,11,17H2,1-3H3,(H,33,34)/b32-16+. The molecule has 0 atom stereocenters. The number of carbonyl (C=O) groups is 1. The lowest BCUT2D eigenvalue weighted by molar-refractivity contribution is 0.0954. The number of halogens is 3. The summed E-state index contributed by atoms with van der Waals surface area (Å²) in [6, 6.07) is 13.5. The maximum atomic E-state index is 12.7. The van der Waals surface area contributed by atoms with Crippen LogP contribution in [0.4, 0.5) is 0 Å². The Hall–Kier alpha value is -3.13. The fourth-order valence-corrected chi connectivity index (χ4v) is 4.07. The maximum Gasteiger partial charge on any atom is 0.271 e. The minimum Gasteiger partial charge on any atom is -0.490 e. The van der Waals surface area contributed by atoms with Gasteiger partial charge in [0.1, 0.15) is 6.61 Å². The van der Waals surface area contributed by atoms with Crippen molar-refractivity contribution in [2.75, 3.05) is 19.8 Å². The summed E-state index contributed by atoms with van der Waals surface area (Å²) in [6.45, 7) is 7.30. The van der Waals surface area contributed by atoms with Crippen molar-refractivity contribution < 1.29 is 23.7 Å². The van der Waals surface area contributed by atoms with Gasteiger partial charge in [0.25, 0.3) is 5.91 Å². The van der Waals surface area contributed by atoms with E-state index >= 15 is 0 Å². The summed E-state index contributed by atoms with van der Waals surface area (Å²) in [5.41, 5.74) is 4.25. The largest absolute Gasteiger partial charge is 0.490 e. The molecule has 0 aliphatic rings. The number of amides is 1. The number of ether oxygens (including phenoxy) is 4. The fraction of sp³-hybridized carbons (Fsp3) is 0.286. The minimum atomic E-state index is -0.403. The second-order valence-electron chi connectivity index (χ2n) is 7.93. The third-order valence-electron chi connectivity index (χ3n) is 5.07. The number of rotatable bonds is 13. The van der Waals surface area contributed by atoms with Crippen LogP contribution in [-0.2, 0) is 6.61 Å². The van der Waals surface area contributed by atoms with Gasteiger partial charge >= 0.3 is 0 Å². The van der Waals surface area contributed by atoms with E-state index in [2.05, 4.69) is 10.5 Å². The molecule has 0 bridgehead atoms. The Labute approximate surface area is 237 Å². The Morgan fingerprint density at radius 3 is 2.32 bits per heavy atom. The van der Waals surface area contributed by atoms with Crippen LogP contribution < -0.4 is 24.4 Å². The molecule has 0 aliphatic carbocycles. The number of hydrazone groups is 1. The molecule has 3 aromatic rings. The van der Waals surface area contributed by atoms with E-state index < -0.39 is 5.91 Å². The predicted molar refractivity (Wildman–Crippen MR) is 152 cm³/mol. The Balaban J connectivity index is 1.72. The minimum absolute atomic E-state index is 0.172. The van der Waals surface area contributed by atoms with Crippen LogP contribution in [0.3, 0.4) is 0 Å². The van der Waals surface area contributed by atoms with Gasteiger partial charge in [0.2, 0.25) is 0 Å². The first-order valence-electron chi connectivity index (χ1n) is 12.1. The van der Waals surface area contributed by atoms with Crippen LogP contribution in [0.15, 0.2) is 53.6 Å².